The lowest BCUT2D eigenvalue weighted by Gasteiger charge is -2.08. The first-order valence-corrected chi connectivity index (χ1v) is 7.33. The Balaban J connectivity index is 2.09. The average Bonchev–Trinajstić information content (AvgIpc) is 2.86. The summed E-state index contributed by atoms with van der Waals surface area (Å²) in [5.74, 6) is -2.17. The van der Waals surface area contributed by atoms with Crippen molar-refractivity contribution in [3.8, 4) is 0 Å². The number of hydrogen-bond acceptors (Lipinski definition) is 4. The minimum Gasteiger partial charge on any atom is -0.309 e. The first-order chi connectivity index (χ1) is 9.99. The van der Waals surface area contributed by atoms with Gasteiger partial charge in [0.25, 0.3) is 5.91 Å². The van der Waals surface area contributed by atoms with Crippen LogP contribution < -0.4 is 10.6 Å². The van der Waals surface area contributed by atoms with Crippen LogP contribution in [0, 0.1) is 11.6 Å². The van der Waals surface area contributed by atoms with Crippen molar-refractivity contribution in [2.45, 2.75) is 19.9 Å². The van der Waals surface area contributed by atoms with Crippen molar-refractivity contribution in [2.24, 2.45) is 0 Å². The van der Waals surface area contributed by atoms with Crippen molar-refractivity contribution >= 4 is 22.4 Å². The van der Waals surface area contributed by atoms with Crippen molar-refractivity contribution in [2.75, 3.05) is 11.9 Å². The van der Waals surface area contributed by atoms with Crippen molar-refractivity contribution < 1.29 is 13.6 Å². The van der Waals surface area contributed by atoms with E-state index in [1.807, 2.05) is 19.2 Å². The summed E-state index contributed by atoms with van der Waals surface area (Å²) in [5.41, 5.74) is 0.728. The highest BCUT2D eigenvalue weighted by Crippen LogP contribution is 2.21. The van der Waals surface area contributed by atoms with E-state index in [9.17, 15) is 13.6 Å². The molecule has 0 bridgehead atoms. The molecule has 1 aromatic carbocycles. The van der Waals surface area contributed by atoms with E-state index >= 15 is 0 Å². The zero-order valence-corrected chi connectivity index (χ0v) is 12.4. The molecule has 2 aromatic rings. The fourth-order valence-electron chi connectivity index (χ4n) is 1.81. The number of nitrogens with one attached hydrogen (secondary N) is 2. The number of rotatable bonds is 5. The number of anilines is 1. The molecule has 0 aliphatic carbocycles. The Morgan fingerprint density at radius 1 is 1.33 bits per heavy atom. The lowest BCUT2D eigenvalue weighted by atomic mass is 10.2. The van der Waals surface area contributed by atoms with Crippen LogP contribution in [0.2, 0.25) is 0 Å². The third-order valence-corrected chi connectivity index (χ3v) is 3.60. The summed E-state index contributed by atoms with van der Waals surface area (Å²) in [6.45, 7) is 4.76. The largest absolute Gasteiger partial charge is 0.309 e. The van der Waals surface area contributed by atoms with E-state index in [-0.39, 0.29) is 11.6 Å². The summed E-state index contributed by atoms with van der Waals surface area (Å²) in [4.78, 5) is 16.2. The zero-order valence-electron chi connectivity index (χ0n) is 11.6. The van der Waals surface area contributed by atoms with E-state index in [2.05, 4.69) is 15.6 Å². The highest BCUT2D eigenvalue weighted by molar-refractivity contribution is 7.14. The molecule has 0 radical (unpaired) electrons. The van der Waals surface area contributed by atoms with Gasteiger partial charge in [-0.3, -0.25) is 10.1 Å². The summed E-state index contributed by atoms with van der Waals surface area (Å²) in [5, 5.41) is 7.97. The van der Waals surface area contributed by atoms with Crippen LogP contribution in [0.1, 0.15) is 35.9 Å². The molecule has 0 fully saturated rings. The van der Waals surface area contributed by atoms with Crippen molar-refractivity contribution in [1.82, 2.24) is 10.3 Å². The minimum absolute atomic E-state index is 0.0727. The van der Waals surface area contributed by atoms with Gasteiger partial charge in [0.05, 0.1) is 5.69 Å². The molecule has 21 heavy (non-hydrogen) atoms. The minimum atomic E-state index is -0.791. The molecule has 112 valence electrons. The van der Waals surface area contributed by atoms with Gasteiger partial charge in [-0.25, -0.2) is 13.8 Å². The van der Waals surface area contributed by atoms with Gasteiger partial charge in [-0.2, -0.15) is 0 Å². The van der Waals surface area contributed by atoms with Gasteiger partial charge in [-0.05, 0) is 25.6 Å². The summed E-state index contributed by atoms with van der Waals surface area (Å²) < 4.78 is 26.2. The highest BCUT2D eigenvalue weighted by atomic mass is 32.1. The first-order valence-electron chi connectivity index (χ1n) is 6.46. The lowest BCUT2D eigenvalue weighted by Crippen LogP contribution is -2.18. The maximum absolute atomic E-state index is 13.1. The molecule has 2 N–H and O–H groups in total. The van der Waals surface area contributed by atoms with Crippen LogP contribution in [0.3, 0.4) is 0 Å². The van der Waals surface area contributed by atoms with Crippen LogP contribution in [0.5, 0.6) is 0 Å². The zero-order chi connectivity index (χ0) is 15.4. The van der Waals surface area contributed by atoms with Crippen LogP contribution in [-0.2, 0) is 0 Å². The number of aromatic nitrogens is 1. The number of carbonyl (C=O) groups excluding carboxylic acids is 1. The van der Waals surface area contributed by atoms with Crippen molar-refractivity contribution in [3.05, 3.63) is 46.5 Å². The Labute approximate surface area is 125 Å². The molecular formula is C14H15F2N3OS. The molecule has 0 aliphatic heterocycles. The fourth-order valence-corrected chi connectivity index (χ4v) is 2.61. The van der Waals surface area contributed by atoms with E-state index in [0.717, 1.165) is 30.4 Å². The van der Waals surface area contributed by atoms with Crippen LogP contribution in [0.15, 0.2) is 23.6 Å². The number of benzene rings is 1. The second-order valence-corrected chi connectivity index (χ2v) is 5.33. The Morgan fingerprint density at radius 3 is 2.62 bits per heavy atom. The molecule has 1 heterocycles. The molecule has 1 atom stereocenters. The van der Waals surface area contributed by atoms with Gasteiger partial charge in [0.15, 0.2) is 5.13 Å². The smallest absolute Gasteiger partial charge is 0.257 e. The second-order valence-electron chi connectivity index (χ2n) is 4.47. The van der Waals surface area contributed by atoms with Gasteiger partial charge in [0.2, 0.25) is 0 Å². The molecule has 0 aliphatic rings. The average molecular weight is 311 g/mol. The van der Waals surface area contributed by atoms with E-state index in [1.54, 1.807) is 0 Å². The predicted octanol–water partition coefficient (Wildman–Crippen LogP) is 3.34. The molecule has 1 aromatic heterocycles. The molecule has 1 amide bonds. The van der Waals surface area contributed by atoms with Gasteiger partial charge < -0.3 is 5.32 Å². The summed E-state index contributed by atoms with van der Waals surface area (Å²) >= 11 is 1.26. The number of thiazole rings is 1. The van der Waals surface area contributed by atoms with Gasteiger partial charge in [-0.1, -0.05) is 6.92 Å². The molecule has 2 rings (SSSR count). The number of carbonyl (C=O) groups is 1. The Bertz CT molecular complexity index is 625. The summed E-state index contributed by atoms with van der Waals surface area (Å²) in [6.07, 6.45) is 0. The third kappa shape index (κ3) is 4.05. The molecule has 4 nitrogen and oxygen atoms in total. The summed E-state index contributed by atoms with van der Waals surface area (Å²) in [7, 11) is 0. The third-order valence-electron chi connectivity index (χ3n) is 2.82. The van der Waals surface area contributed by atoms with Gasteiger partial charge in [0.1, 0.15) is 11.6 Å². The van der Waals surface area contributed by atoms with Gasteiger partial charge in [-0.15, -0.1) is 11.3 Å². The van der Waals surface area contributed by atoms with Crippen molar-refractivity contribution in [3.63, 3.8) is 0 Å². The molecule has 7 heteroatoms. The SMILES string of the molecule is CCNC(C)c1csc(NC(=O)c2cc(F)cc(F)c2)n1. The topological polar surface area (TPSA) is 54.0 Å². The standard InChI is InChI=1S/C14H15F2N3OS/c1-3-17-8(2)12-7-21-14(18-12)19-13(20)9-4-10(15)6-11(16)5-9/h4-8,17H,3H2,1-2H3,(H,18,19,20). The quantitative estimate of drug-likeness (QED) is 0.890. The molecule has 0 saturated carbocycles. The monoisotopic (exact) mass is 311 g/mol. The number of hydrogen-bond donors (Lipinski definition) is 2. The number of amides is 1. The van der Waals surface area contributed by atoms with E-state index < -0.39 is 17.5 Å². The maximum atomic E-state index is 13.1. The van der Waals surface area contributed by atoms with E-state index in [4.69, 9.17) is 0 Å². The number of halogens is 2. The van der Waals surface area contributed by atoms with Crippen molar-refractivity contribution in [1.29, 1.82) is 0 Å². The Hall–Kier alpha value is -1.86. The van der Waals surface area contributed by atoms with Crippen LogP contribution >= 0.6 is 11.3 Å². The maximum Gasteiger partial charge on any atom is 0.257 e. The highest BCUT2D eigenvalue weighted by Gasteiger charge is 2.13. The molecule has 0 spiro atoms. The first kappa shape index (κ1) is 15.5. The Morgan fingerprint density at radius 2 is 2.00 bits per heavy atom. The van der Waals surface area contributed by atoms with Crippen LogP contribution in [0.4, 0.5) is 13.9 Å². The normalized spacial score (nSPS) is 12.2. The van der Waals surface area contributed by atoms with E-state index in [1.165, 1.54) is 11.3 Å². The molecule has 1 unspecified atom stereocenters. The van der Waals surface area contributed by atoms with Crippen LogP contribution in [0.25, 0.3) is 0 Å². The molecule has 0 saturated heterocycles. The van der Waals surface area contributed by atoms with Gasteiger partial charge in [0, 0.05) is 23.1 Å². The lowest BCUT2D eigenvalue weighted by molar-refractivity contribution is 0.102. The summed E-state index contributed by atoms with van der Waals surface area (Å²) in [6, 6.07) is 2.75. The van der Waals surface area contributed by atoms with E-state index in [0.29, 0.717) is 5.13 Å². The second kappa shape index (κ2) is 6.73. The van der Waals surface area contributed by atoms with Crippen LogP contribution in [-0.4, -0.2) is 17.4 Å². The predicted molar refractivity (Wildman–Crippen MR) is 78.5 cm³/mol. The fraction of sp³-hybridized carbons (Fsp3) is 0.286. The Kier molecular flexibility index (Phi) is 4.98. The molecular weight excluding hydrogens is 296 g/mol. The van der Waals surface area contributed by atoms with Gasteiger partial charge >= 0.3 is 0 Å². The number of nitrogens with zero attached hydrogens (tertiary/aromatic N) is 1.